The van der Waals surface area contributed by atoms with E-state index < -0.39 is 24.5 Å². The normalized spacial score (nSPS) is 40.7. The Bertz CT molecular complexity index is 263. The fraction of sp³-hybridized carbons (Fsp3) is 1.00. The molecule has 0 aromatic heterocycles. The topological polar surface area (TPSA) is 82.0 Å². The smallest absolute Gasteiger partial charge is 0.212 e. The van der Waals surface area contributed by atoms with Gasteiger partial charge in [-0.05, 0) is 0 Å². The number of alkyl halides is 2. The first-order valence-electron chi connectivity index (χ1n) is 2.90. The van der Waals surface area contributed by atoms with E-state index >= 15 is 0 Å². The number of aliphatic hydroxyl groups excluding tert-OH is 1. The van der Waals surface area contributed by atoms with Crippen LogP contribution in [0.15, 0.2) is 0 Å². The zero-order chi connectivity index (χ0) is 8.86. The van der Waals surface area contributed by atoms with E-state index in [1.54, 1.807) is 0 Å². The molecule has 4 nitrogen and oxygen atoms in total. The summed E-state index contributed by atoms with van der Waals surface area (Å²) in [5, 5.41) is 9.33. The molecule has 0 saturated carbocycles. The molecule has 1 rings (SSSR count). The van der Waals surface area contributed by atoms with Gasteiger partial charge in [-0.25, -0.2) is 8.42 Å². The Morgan fingerprint density at radius 2 is 2.00 bits per heavy atom. The summed E-state index contributed by atoms with van der Waals surface area (Å²) in [5.41, 5.74) is 3.52. The SMILES string of the molecule is [NH3+][C@H]1CS(=O)(=O)C(Br)(Br)[C@@H]1O. The highest BCUT2D eigenvalue weighted by Gasteiger charge is 2.57. The van der Waals surface area contributed by atoms with Gasteiger partial charge in [-0.2, -0.15) is 0 Å². The first-order valence-corrected chi connectivity index (χ1v) is 6.14. The quantitative estimate of drug-likeness (QED) is 0.553. The second kappa shape index (κ2) is 2.66. The van der Waals surface area contributed by atoms with Gasteiger partial charge in [0, 0.05) is 0 Å². The number of rotatable bonds is 0. The highest BCUT2D eigenvalue weighted by atomic mass is 79.9. The van der Waals surface area contributed by atoms with Crippen molar-refractivity contribution in [1.29, 1.82) is 0 Å². The Morgan fingerprint density at radius 1 is 1.55 bits per heavy atom. The van der Waals surface area contributed by atoms with Crippen molar-refractivity contribution in [3.8, 4) is 0 Å². The maximum Gasteiger partial charge on any atom is 0.212 e. The van der Waals surface area contributed by atoms with E-state index in [0.717, 1.165) is 0 Å². The van der Waals surface area contributed by atoms with Crippen LogP contribution in [-0.4, -0.2) is 34.0 Å². The van der Waals surface area contributed by atoms with Crippen molar-refractivity contribution < 1.29 is 19.3 Å². The van der Waals surface area contributed by atoms with Gasteiger partial charge in [0.25, 0.3) is 0 Å². The molecule has 0 amide bonds. The molecule has 1 heterocycles. The number of aliphatic hydroxyl groups is 1. The maximum atomic E-state index is 11.2. The summed E-state index contributed by atoms with van der Waals surface area (Å²) >= 11 is 5.82. The van der Waals surface area contributed by atoms with Crippen LogP contribution in [0.5, 0.6) is 0 Å². The lowest BCUT2D eigenvalue weighted by Crippen LogP contribution is -2.67. The van der Waals surface area contributed by atoms with Crippen molar-refractivity contribution in [1.82, 2.24) is 0 Å². The molecule has 2 atom stereocenters. The van der Waals surface area contributed by atoms with E-state index in [9.17, 15) is 13.5 Å². The van der Waals surface area contributed by atoms with E-state index in [4.69, 9.17) is 0 Å². The van der Waals surface area contributed by atoms with E-state index in [2.05, 4.69) is 37.6 Å². The molecule has 0 aromatic carbocycles. The highest BCUT2D eigenvalue weighted by Crippen LogP contribution is 2.42. The Kier molecular flexibility index (Phi) is 2.40. The van der Waals surface area contributed by atoms with Gasteiger partial charge in [-0.3, -0.25) is 0 Å². The predicted molar refractivity (Wildman–Crippen MR) is 47.1 cm³/mol. The van der Waals surface area contributed by atoms with Crippen molar-refractivity contribution in [2.45, 2.75) is 14.7 Å². The lowest BCUT2D eigenvalue weighted by atomic mass is 10.2. The number of sulfone groups is 1. The summed E-state index contributed by atoms with van der Waals surface area (Å²) < 4.78 is 21.0. The highest BCUT2D eigenvalue weighted by molar-refractivity contribution is 9.28. The molecule has 1 saturated heterocycles. The molecule has 0 radical (unpaired) electrons. The van der Waals surface area contributed by atoms with Gasteiger partial charge in [0.15, 0.2) is 9.84 Å². The van der Waals surface area contributed by atoms with Gasteiger partial charge in [-0.1, -0.05) is 31.9 Å². The largest absolute Gasteiger partial charge is 0.383 e. The van der Waals surface area contributed by atoms with Crippen molar-refractivity contribution >= 4 is 41.7 Å². The van der Waals surface area contributed by atoms with Crippen molar-refractivity contribution in [2.75, 3.05) is 5.75 Å². The average Bonchev–Trinajstić information content (AvgIpc) is 1.93. The van der Waals surface area contributed by atoms with Crippen LogP contribution >= 0.6 is 31.9 Å². The zero-order valence-electron chi connectivity index (χ0n) is 5.50. The summed E-state index contributed by atoms with van der Waals surface area (Å²) in [6, 6.07) is -0.473. The summed E-state index contributed by atoms with van der Waals surface area (Å²) in [6.07, 6.45) is -0.993. The standard InChI is InChI=1S/C4H7Br2NO3S/c5-4(6)3(8)2(7)1-11(4,9)10/h2-3,8H,1,7H2/p+1/t2-,3+/m0/s1. The van der Waals surface area contributed by atoms with Crippen LogP contribution in [0.1, 0.15) is 0 Å². The van der Waals surface area contributed by atoms with E-state index in [-0.39, 0.29) is 5.75 Å². The number of quaternary nitrogens is 1. The third kappa shape index (κ3) is 1.37. The number of hydrogen-bond acceptors (Lipinski definition) is 3. The van der Waals surface area contributed by atoms with Gasteiger partial charge in [0.2, 0.25) is 2.57 Å². The Balaban J connectivity index is 3.12. The molecule has 66 valence electrons. The van der Waals surface area contributed by atoms with Gasteiger partial charge in [-0.15, -0.1) is 0 Å². The van der Waals surface area contributed by atoms with Crippen molar-refractivity contribution in [2.24, 2.45) is 0 Å². The van der Waals surface area contributed by atoms with Crippen LogP contribution in [0.3, 0.4) is 0 Å². The van der Waals surface area contributed by atoms with E-state index in [1.807, 2.05) is 0 Å². The zero-order valence-corrected chi connectivity index (χ0v) is 9.49. The van der Waals surface area contributed by atoms with E-state index in [0.29, 0.717) is 0 Å². The first-order chi connectivity index (χ1) is 4.79. The molecule has 0 aliphatic carbocycles. The molecule has 1 aliphatic heterocycles. The maximum absolute atomic E-state index is 11.2. The molecule has 1 fully saturated rings. The monoisotopic (exact) mass is 308 g/mol. The number of halogens is 2. The second-order valence-electron chi connectivity index (χ2n) is 2.55. The lowest BCUT2D eigenvalue weighted by Gasteiger charge is -2.15. The molecule has 0 bridgehead atoms. The summed E-state index contributed by atoms with van der Waals surface area (Å²) in [4.78, 5) is 0. The molecule has 1 aliphatic rings. The van der Waals surface area contributed by atoms with Crippen LogP contribution < -0.4 is 5.73 Å². The fourth-order valence-corrected chi connectivity index (χ4v) is 4.01. The van der Waals surface area contributed by atoms with Gasteiger partial charge < -0.3 is 10.8 Å². The van der Waals surface area contributed by atoms with Gasteiger partial charge in [0.1, 0.15) is 17.9 Å². The predicted octanol–water partition coefficient (Wildman–Crippen LogP) is -1.17. The fourth-order valence-electron chi connectivity index (χ4n) is 0.942. The molecule has 0 aromatic rings. The van der Waals surface area contributed by atoms with Crippen LogP contribution in [0.2, 0.25) is 0 Å². The molecule has 0 spiro atoms. The molecule has 4 N–H and O–H groups in total. The molecule has 0 unspecified atom stereocenters. The van der Waals surface area contributed by atoms with Crippen LogP contribution in [0.4, 0.5) is 0 Å². The lowest BCUT2D eigenvalue weighted by molar-refractivity contribution is -0.426. The third-order valence-electron chi connectivity index (χ3n) is 1.64. The van der Waals surface area contributed by atoms with Crippen LogP contribution in [0, 0.1) is 0 Å². The van der Waals surface area contributed by atoms with E-state index in [1.165, 1.54) is 0 Å². The minimum absolute atomic E-state index is 0.0926. The Hall–Kier alpha value is 0.830. The minimum atomic E-state index is -3.30. The average molecular weight is 310 g/mol. The molecular formula is C4H8Br2NO3S+. The first kappa shape index (κ1) is 9.91. The van der Waals surface area contributed by atoms with Crippen LogP contribution in [-0.2, 0) is 9.84 Å². The van der Waals surface area contributed by atoms with Crippen molar-refractivity contribution in [3.63, 3.8) is 0 Å². The summed E-state index contributed by atoms with van der Waals surface area (Å²) in [5.74, 6) is -0.0926. The Morgan fingerprint density at radius 3 is 2.09 bits per heavy atom. The minimum Gasteiger partial charge on any atom is -0.383 e. The summed E-state index contributed by atoms with van der Waals surface area (Å²) in [7, 11) is -3.30. The number of hydrogen-bond donors (Lipinski definition) is 2. The second-order valence-corrected chi connectivity index (χ2v) is 9.37. The molecular weight excluding hydrogens is 302 g/mol. The molecule has 11 heavy (non-hydrogen) atoms. The third-order valence-corrected chi connectivity index (χ3v) is 7.47. The van der Waals surface area contributed by atoms with Gasteiger partial charge in [0.05, 0.1) is 0 Å². The Labute approximate surface area is 81.3 Å². The van der Waals surface area contributed by atoms with Crippen LogP contribution in [0.25, 0.3) is 0 Å². The summed E-state index contributed by atoms with van der Waals surface area (Å²) in [6.45, 7) is 0. The van der Waals surface area contributed by atoms with Crippen molar-refractivity contribution in [3.05, 3.63) is 0 Å². The van der Waals surface area contributed by atoms with Gasteiger partial charge >= 0.3 is 0 Å². The molecule has 7 heteroatoms.